The maximum Gasteiger partial charge on any atom is 0.108 e. The van der Waals surface area contributed by atoms with Crippen molar-refractivity contribution < 1.29 is 0 Å². The fourth-order valence-electron chi connectivity index (χ4n) is 2.04. The van der Waals surface area contributed by atoms with E-state index in [0.29, 0.717) is 0 Å². The number of aryl methyl sites for hydroxylation is 1. The number of hydrogen-bond donors (Lipinski definition) is 1. The van der Waals surface area contributed by atoms with Crippen LogP contribution < -0.4 is 5.32 Å². The molecule has 0 saturated heterocycles. The Labute approximate surface area is 121 Å². The Hall–Kier alpha value is -1.68. The Kier molecular flexibility index (Phi) is 4.55. The first-order valence-electron chi connectivity index (χ1n) is 7.18. The van der Waals surface area contributed by atoms with Crippen molar-refractivity contribution in [2.24, 2.45) is 0 Å². The van der Waals surface area contributed by atoms with Crippen LogP contribution in [0, 0.1) is 0 Å². The summed E-state index contributed by atoms with van der Waals surface area (Å²) in [4.78, 5) is 9.06. The predicted molar refractivity (Wildman–Crippen MR) is 81.5 cm³/mol. The second-order valence-electron chi connectivity index (χ2n) is 6.05. The SMILES string of the molecule is CCc1nccn1Cc1cccc(CNC(C)(C)C)n1. The zero-order chi connectivity index (χ0) is 14.6. The molecule has 0 aromatic carbocycles. The minimum Gasteiger partial charge on any atom is -0.329 e. The first kappa shape index (κ1) is 14.7. The zero-order valence-corrected chi connectivity index (χ0v) is 12.8. The van der Waals surface area contributed by atoms with E-state index in [9.17, 15) is 0 Å². The van der Waals surface area contributed by atoms with E-state index >= 15 is 0 Å². The molecule has 0 fully saturated rings. The van der Waals surface area contributed by atoms with E-state index in [0.717, 1.165) is 36.7 Å². The van der Waals surface area contributed by atoms with Crippen LogP contribution in [0.25, 0.3) is 0 Å². The number of imidazole rings is 1. The molecule has 2 aromatic rings. The molecule has 0 aliphatic carbocycles. The molecule has 4 nitrogen and oxygen atoms in total. The molecule has 108 valence electrons. The Morgan fingerprint density at radius 2 is 1.95 bits per heavy atom. The molecule has 0 bridgehead atoms. The van der Waals surface area contributed by atoms with Gasteiger partial charge in [0.25, 0.3) is 0 Å². The van der Waals surface area contributed by atoms with Crippen molar-refractivity contribution in [1.29, 1.82) is 0 Å². The van der Waals surface area contributed by atoms with Gasteiger partial charge in [-0.1, -0.05) is 13.0 Å². The minimum atomic E-state index is 0.109. The van der Waals surface area contributed by atoms with Gasteiger partial charge in [0, 0.05) is 30.9 Å². The standard InChI is InChI=1S/C16H24N4/c1-5-15-17-9-10-20(15)12-14-8-6-7-13(19-14)11-18-16(2,3)4/h6-10,18H,5,11-12H2,1-4H3. The van der Waals surface area contributed by atoms with Gasteiger partial charge in [0.15, 0.2) is 0 Å². The first-order chi connectivity index (χ1) is 9.48. The number of nitrogens with one attached hydrogen (secondary N) is 1. The predicted octanol–water partition coefficient (Wildman–Crippen LogP) is 2.78. The van der Waals surface area contributed by atoms with Gasteiger partial charge in [0.2, 0.25) is 0 Å². The number of pyridine rings is 1. The molecule has 0 unspecified atom stereocenters. The van der Waals surface area contributed by atoms with Crippen molar-refractivity contribution in [2.75, 3.05) is 0 Å². The highest BCUT2D eigenvalue weighted by atomic mass is 15.1. The summed E-state index contributed by atoms with van der Waals surface area (Å²) in [7, 11) is 0. The lowest BCUT2D eigenvalue weighted by Gasteiger charge is -2.20. The van der Waals surface area contributed by atoms with Crippen molar-refractivity contribution in [3.63, 3.8) is 0 Å². The van der Waals surface area contributed by atoms with Gasteiger partial charge in [0.05, 0.1) is 17.9 Å². The highest BCUT2D eigenvalue weighted by molar-refractivity contribution is 5.12. The van der Waals surface area contributed by atoms with Crippen molar-refractivity contribution in [3.8, 4) is 0 Å². The Bertz CT molecular complexity index is 552. The summed E-state index contributed by atoms with van der Waals surface area (Å²) in [5.74, 6) is 1.10. The monoisotopic (exact) mass is 272 g/mol. The van der Waals surface area contributed by atoms with E-state index in [1.165, 1.54) is 0 Å². The Morgan fingerprint density at radius 1 is 1.20 bits per heavy atom. The maximum atomic E-state index is 4.71. The van der Waals surface area contributed by atoms with Crippen LogP contribution in [0.5, 0.6) is 0 Å². The van der Waals surface area contributed by atoms with E-state index in [1.807, 2.05) is 12.4 Å². The van der Waals surface area contributed by atoms with Crippen LogP contribution in [0.4, 0.5) is 0 Å². The molecule has 0 spiro atoms. The third-order valence-corrected chi connectivity index (χ3v) is 3.11. The fraction of sp³-hybridized carbons (Fsp3) is 0.500. The highest BCUT2D eigenvalue weighted by Gasteiger charge is 2.09. The quantitative estimate of drug-likeness (QED) is 0.910. The second-order valence-corrected chi connectivity index (χ2v) is 6.05. The van der Waals surface area contributed by atoms with E-state index in [-0.39, 0.29) is 5.54 Å². The molecule has 2 heterocycles. The van der Waals surface area contributed by atoms with Crippen LogP contribution in [0.15, 0.2) is 30.6 Å². The van der Waals surface area contributed by atoms with Gasteiger partial charge in [0.1, 0.15) is 5.82 Å². The summed E-state index contributed by atoms with van der Waals surface area (Å²) < 4.78 is 2.16. The summed E-state index contributed by atoms with van der Waals surface area (Å²) in [6.07, 6.45) is 4.81. The summed E-state index contributed by atoms with van der Waals surface area (Å²) >= 11 is 0. The Morgan fingerprint density at radius 3 is 2.65 bits per heavy atom. The van der Waals surface area contributed by atoms with Crippen LogP contribution >= 0.6 is 0 Å². The molecule has 0 amide bonds. The molecular weight excluding hydrogens is 248 g/mol. The van der Waals surface area contributed by atoms with Crippen LogP contribution in [0.1, 0.15) is 44.9 Å². The maximum absolute atomic E-state index is 4.71. The van der Waals surface area contributed by atoms with E-state index in [1.54, 1.807) is 0 Å². The van der Waals surface area contributed by atoms with E-state index < -0.39 is 0 Å². The van der Waals surface area contributed by atoms with Crippen LogP contribution in [-0.4, -0.2) is 20.1 Å². The molecule has 0 aliphatic rings. The number of nitrogens with zero attached hydrogens (tertiary/aromatic N) is 3. The molecule has 20 heavy (non-hydrogen) atoms. The summed E-state index contributed by atoms with van der Waals surface area (Å²) in [5, 5.41) is 3.47. The topological polar surface area (TPSA) is 42.7 Å². The molecule has 0 saturated carbocycles. The lowest BCUT2D eigenvalue weighted by Crippen LogP contribution is -2.35. The molecule has 0 aliphatic heterocycles. The van der Waals surface area contributed by atoms with Crippen LogP contribution in [-0.2, 0) is 19.5 Å². The van der Waals surface area contributed by atoms with Gasteiger partial charge in [-0.05, 0) is 32.9 Å². The lowest BCUT2D eigenvalue weighted by atomic mass is 10.1. The molecule has 0 atom stereocenters. The van der Waals surface area contributed by atoms with Gasteiger partial charge in [-0.2, -0.15) is 0 Å². The van der Waals surface area contributed by atoms with Gasteiger partial charge in [-0.15, -0.1) is 0 Å². The Balaban J connectivity index is 2.06. The van der Waals surface area contributed by atoms with Crippen molar-refractivity contribution >= 4 is 0 Å². The fourth-order valence-corrected chi connectivity index (χ4v) is 2.04. The zero-order valence-electron chi connectivity index (χ0n) is 12.8. The smallest absolute Gasteiger partial charge is 0.108 e. The molecule has 0 radical (unpaired) electrons. The average molecular weight is 272 g/mol. The van der Waals surface area contributed by atoms with Gasteiger partial charge in [-0.3, -0.25) is 4.98 Å². The van der Waals surface area contributed by atoms with Crippen LogP contribution in [0.3, 0.4) is 0 Å². The normalized spacial score (nSPS) is 11.8. The van der Waals surface area contributed by atoms with Crippen molar-refractivity contribution in [1.82, 2.24) is 19.9 Å². The van der Waals surface area contributed by atoms with Gasteiger partial charge in [-0.25, -0.2) is 4.98 Å². The van der Waals surface area contributed by atoms with E-state index in [4.69, 9.17) is 4.98 Å². The summed E-state index contributed by atoms with van der Waals surface area (Å²) in [5.41, 5.74) is 2.26. The molecule has 2 aromatic heterocycles. The third kappa shape index (κ3) is 4.17. The average Bonchev–Trinajstić information content (AvgIpc) is 2.83. The lowest BCUT2D eigenvalue weighted by molar-refractivity contribution is 0.421. The second kappa shape index (κ2) is 6.18. The number of aromatic nitrogens is 3. The molecular formula is C16H24N4. The summed E-state index contributed by atoms with van der Waals surface area (Å²) in [6, 6.07) is 6.21. The van der Waals surface area contributed by atoms with Crippen molar-refractivity contribution in [3.05, 3.63) is 47.8 Å². The van der Waals surface area contributed by atoms with Crippen molar-refractivity contribution in [2.45, 2.75) is 52.7 Å². The summed E-state index contributed by atoms with van der Waals surface area (Å²) in [6.45, 7) is 10.2. The molecule has 4 heteroatoms. The van der Waals surface area contributed by atoms with Crippen LogP contribution in [0.2, 0.25) is 0 Å². The van der Waals surface area contributed by atoms with Gasteiger partial charge < -0.3 is 9.88 Å². The molecule has 1 N–H and O–H groups in total. The van der Waals surface area contributed by atoms with Gasteiger partial charge >= 0.3 is 0 Å². The van der Waals surface area contributed by atoms with E-state index in [2.05, 4.69) is 60.8 Å². The number of hydrogen-bond acceptors (Lipinski definition) is 3. The third-order valence-electron chi connectivity index (χ3n) is 3.11. The molecule has 2 rings (SSSR count). The number of rotatable bonds is 5. The highest BCUT2D eigenvalue weighted by Crippen LogP contribution is 2.07. The largest absolute Gasteiger partial charge is 0.329 e. The first-order valence-corrected chi connectivity index (χ1v) is 7.18. The minimum absolute atomic E-state index is 0.109.